The zero-order valence-electron chi connectivity index (χ0n) is 10.4. The fraction of sp³-hybridized carbons (Fsp3) is 0.133. The molecule has 0 aliphatic rings. The van der Waals surface area contributed by atoms with Gasteiger partial charge < -0.3 is 9.53 Å². The average Bonchev–Trinajstić information content (AvgIpc) is 2.49. The smallest absolute Gasteiger partial charge is 0.142 e. The number of halogens is 3. The Labute approximate surface area is 135 Å². The van der Waals surface area contributed by atoms with E-state index in [2.05, 4.69) is 15.9 Å². The van der Waals surface area contributed by atoms with Crippen LogP contribution in [0.3, 0.4) is 0 Å². The van der Waals surface area contributed by atoms with Gasteiger partial charge in [-0.2, -0.15) is 0 Å². The van der Waals surface area contributed by atoms with Gasteiger partial charge in [-0.3, -0.25) is 0 Å². The highest BCUT2D eigenvalue weighted by Gasteiger charge is 2.27. The second-order valence-corrected chi connectivity index (χ2v) is 6.31. The molecule has 0 N–H and O–H groups in total. The predicted octanol–water partition coefficient (Wildman–Crippen LogP) is 5.16. The van der Waals surface area contributed by atoms with Crippen LogP contribution in [0.25, 0.3) is 0 Å². The Morgan fingerprint density at radius 1 is 1.05 bits per heavy atom. The normalized spacial score (nSPS) is 13.6. The third-order valence-electron chi connectivity index (χ3n) is 2.76. The maximum atomic E-state index is 11.1. The van der Waals surface area contributed by atoms with Crippen molar-refractivity contribution in [2.45, 2.75) is 4.32 Å². The van der Waals surface area contributed by atoms with Crippen LogP contribution in [0.5, 0.6) is 11.5 Å². The molecule has 0 aliphatic heterocycles. The van der Waals surface area contributed by atoms with Crippen molar-refractivity contribution in [1.82, 2.24) is 0 Å². The Morgan fingerprint density at radius 2 is 1.55 bits per heavy atom. The van der Waals surface area contributed by atoms with Crippen LogP contribution in [0.2, 0.25) is 5.02 Å². The van der Waals surface area contributed by atoms with Crippen LogP contribution in [0.15, 0.2) is 48.5 Å². The number of carbonyl (C=O) groups is 1. The lowest BCUT2D eigenvalue weighted by Gasteiger charge is -2.18. The van der Waals surface area contributed by atoms with E-state index in [0.717, 1.165) is 11.8 Å². The lowest BCUT2D eigenvalue weighted by atomic mass is 10.0. The molecule has 0 aliphatic carbocycles. The van der Waals surface area contributed by atoms with Crippen LogP contribution in [-0.2, 0) is 9.12 Å². The summed E-state index contributed by atoms with van der Waals surface area (Å²) in [5.74, 6) is 1.53. The molecular formula is C15H11BrCl2O2. The van der Waals surface area contributed by atoms with Crippen LogP contribution in [0.4, 0.5) is 0 Å². The van der Waals surface area contributed by atoms with E-state index >= 15 is 0 Å². The zero-order chi connectivity index (χ0) is 14.6. The molecule has 0 radical (unpaired) electrons. The summed E-state index contributed by atoms with van der Waals surface area (Å²) in [5.41, 5.74) is 0.783. The van der Waals surface area contributed by atoms with E-state index in [9.17, 15) is 4.79 Å². The standard InChI is InChI=1S/C15H11BrCl2O2/c16-15(9-17,10-19)11-1-5-13(6-2-11)20-14-7-3-12(18)4-8-14/h1-8,10H,9H2. The van der Waals surface area contributed by atoms with Crippen LogP contribution in [-0.4, -0.2) is 12.2 Å². The summed E-state index contributed by atoms with van der Waals surface area (Å²) in [7, 11) is 0. The van der Waals surface area contributed by atoms with E-state index in [0.29, 0.717) is 16.5 Å². The van der Waals surface area contributed by atoms with Crippen molar-refractivity contribution in [3.05, 3.63) is 59.1 Å². The van der Waals surface area contributed by atoms with Gasteiger partial charge in [0, 0.05) is 10.9 Å². The summed E-state index contributed by atoms with van der Waals surface area (Å²) in [6.07, 6.45) is 0.787. The Balaban J connectivity index is 2.16. The molecule has 2 aromatic rings. The fourth-order valence-electron chi connectivity index (χ4n) is 1.62. The number of rotatable bonds is 5. The molecule has 0 fully saturated rings. The van der Waals surface area contributed by atoms with Gasteiger partial charge in [0.25, 0.3) is 0 Å². The van der Waals surface area contributed by atoms with Crippen molar-refractivity contribution in [2.75, 3.05) is 5.88 Å². The number of hydrogen-bond acceptors (Lipinski definition) is 2. The average molecular weight is 374 g/mol. The molecule has 0 spiro atoms. The van der Waals surface area contributed by atoms with Crippen molar-refractivity contribution < 1.29 is 9.53 Å². The molecule has 0 saturated heterocycles. The first-order valence-corrected chi connectivity index (χ1v) is 7.53. The lowest BCUT2D eigenvalue weighted by molar-refractivity contribution is -0.109. The third-order valence-corrected chi connectivity index (χ3v) is 4.69. The minimum atomic E-state index is -0.854. The second-order valence-electron chi connectivity index (χ2n) is 4.19. The van der Waals surface area contributed by atoms with Gasteiger partial charge in [-0.1, -0.05) is 39.7 Å². The first-order valence-electron chi connectivity index (χ1n) is 5.82. The lowest BCUT2D eigenvalue weighted by Crippen LogP contribution is -2.21. The van der Waals surface area contributed by atoms with E-state index < -0.39 is 4.32 Å². The third kappa shape index (κ3) is 3.54. The molecule has 0 heterocycles. The topological polar surface area (TPSA) is 26.3 Å². The van der Waals surface area contributed by atoms with Gasteiger partial charge in [0.2, 0.25) is 0 Å². The molecule has 1 atom stereocenters. The number of hydrogen-bond donors (Lipinski definition) is 0. The van der Waals surface area contributed by atoms with E-state index in [-0.39, 0.29) is 5.88 Å². The summed E-state index contributed by atoms with van der Waals surface area (Å²) in [6.45, 7) is 0. The van der Waals surface area contributed by atoms with Gasteiger partial charge >= 0.3 is 0 Å². The Hall–Kier alpha value is -1.03. The van der Waals surface area contributed by atoms with E-state index in [1.165, 1.54) is 0 Å². The Kier molecular flexibility index (Phi) is 5.08. The molecule has 20 heavy (non-hydrogen) atoms. The summed E-state index contributed by atoms with van der Waals surface area (Å²) >= 11 is 15.0. The van der Waals surface area contributed by atoms with Gasteiger partial charge in [0.15, 0.2) is 0 Å². The summed E-state index contributed by atoms with van der Waals surface area (Å²) in [6, 6.07) is 14.3. The summed E-state index contributed by atoms with van der Waals surface area (Å²) in [4.78, 5) is 11.1. The molecule has 1 unspecified atom stereocenters. The van der Waals surface area contributed by atoms with E-state index in [1.54, 1.807) is 48.5 Å². The molecule has 0 aromatic heterocycles. The first-order chi connectivity index (χ1) is 9.57. The molecule has 0 amide bonds. The number of alkyl halides is 2. The minimum Gasteiger partial charge on any atom is -0.457 e. The molecular weight excluding hydrogens is 363 g/mol. The van der Waals surface area contributed by atoms with Gasteiger partial charge in [-0.15, -0.1) is 11.6 Å². The highest BCUT2D eigenvalue weighted by atomic mass is 79.9. The van der Waals surface area contributed by atoms with Gasteiger partial charge in [-0.25, -0.2) is 0 Å². The maximum Gasteiger partial charge on any atom is 0.142 e. The van der Waals surface area contributed by atoms with Crippen molar-refractivity contribution in [1.29, 1.82) is 0 Å². The van der Waals surface area contributed by atoms with E-state index in [4.69, 9.17) is 27.9 Å². The van der Waals surface area contributed by atoms with Crippen molar-refractivity contribution >= 4 is 45.4 Å². The second kappa shape index (κ2) is 6.61. The SMILES string of the molecule is O=CC(Br)(CCl)c1ccc(Oc2ccc(Cl)cc2)cc1. The maximum absolute atomic E-state index is 11.1. The first kappa shape index (κ1) is 15.4. The van der Waals surface area contributed by atoms with Crippen LogP contribution < -0.4 is 4.74 Å². The number of benzene rings is 2. The molecule has 0 saturated carbocycles. The number of carbonyl (C=O) groups excluding carboxylic acids is 1. The van der Waals surface area contributed by atoms with Gasteiger partial charge in [-0.05, 0) is 42.0 Å². The number of aldehydes is 1. The van der Waals surface area contributed by atoms with Crippen LogP contribution in [0.1, 0.15) is 5.56 Å². The summed E-state index contributed by atoms with van der Waals surface area (Å²) in [5, 5.41) is 0.657. The molecule has 2 nitrogen and oxygen atoms in total. The molecule has 5 heteroatoms. The highest BCUT2D eigenvalue weighted by Crippen LogP contribution is 2.32. The van der Waals surface area contributed by atoms with E-state index in [1.807, 2.05) is 0 Å². The number of ether oxygens (including phenoxy) is 1. The Morgan fingerprint density at radius 3 is 2.00 bits per heavy atom. The van der Waals surface area contributed by atoms with Crippen LogP contribution >= 0.6 is 39.1 Å². The highest BCUT2D eigenvalue weighted by molar-refractivity contribution is 9.10. The minimum absolute atomic E-state index is 0.161. The largest absolute Gasteiger partial charge is 0.457 e. The Bertz CT molecular complexity index is 584. The zero-order valence-corrected chi connectivity index (χ0v) is 13.5. The fourth-order valence-corrected chi connectivity index (χ4v) is 2.22. The van der Waals surface area contributed by atoms with Crippen molar-refractivity contribution in [2.24, 2.45) is 0 Å². The monoisotopic (exact) mass is 372 g/mol. The molecule has 0 bridgehead atoms. The van der Waals surface area contributed by atoms with Gasteiger partial charge in [0.05, 0.1) is 0 Å². The molecule has 2 aromatic carbocycles. The quantitative estimate of drug-likeness (QED) is 0.534. The molecule has 2 rings (SSSR count). The summed E-state index contributed by atoms with van der Waals surface area (Å²) < 4.78 is 4.82. The van der Waals surface area contributed by atoms with Crippen LogP contribution in [0, 0.1) is 0 Å². The molecule has 104 valence electrons. The predicted molar refractivity (Wildman–Crippen MR) is 85.4 cm³/mol. The van der Waals surface area contributed by atoms with Crippen molar-refractivity contribution in [3.63, 3.8) is 0 Å². The van der Waals surface area contributed by atoms with Gasteiger partial charge in [0.1, 0.15) is 22.1 Å². The van der Waals surface area contributed by atoms with Crippen molar-refractivity contribution in [3.8, 4) is 11.5 Å².